The zero-order valence-electron chi connectivity index (χ0n) is 10.4. The molecular weight excluding hydrogens is 210 g/mol. The maximum Gasteiger partial charge on any atom is 0.147 e. The summed E-state index contributed by atoms with van der Waals surface area (Å²) in [6.45, 7) is 9.80. The lowest BCUT2D eigenvalue weighted by Gasteiger charge is -2.05. The van der Waals surface area contributed by atoms with Gasteiger partial charge in [0.05, 0.1) is 5.75 Å². The SMILES string of the molecule is CC1(C)C(NCCCS(C)(=O)=O)C1(C)C. The summed E-state index contributed by atoms with van der Waals surface area (Å²) in [7, 11) is -2.80. The van der Waals surface area contributed by atoms with E-state index in [0.29, 0.717) is 23.3 Å². The van der Waals surface area contributed by atoms with Crippen molar-refractivity contribution in [2.45, 2.75) is 40.2 Å². The minimum atomic E-state index is -2.80. The molecule has 1 rings (SSSR count). The summed E-state index contributed by atoms with van der Waals surface area (Å²) in [5.74, 6) is 0.285. The maximum absolute atomic E-state index is 10.9. The molecule has 0 heterocycles. The van der Waals surface area contributed by atoms with E-state index in [9.17, 15) is 8.42 Å². The molecule has 1 aliphatic carbocycles. The van der Waals surface area contributed by atoms with Gasteiger partial charge in [-0.1, -0.05) is 27.7 Å². The lowest BCUT2D eigenvalue weighted by Crippen LogP contribution is -2.24. The van der Waals surface area contributed by atoms with Gasteiger partial charge in [-0.3, -0.25) is 0 Å². The highest BCUT2D eigenvalue weighted by atomic mass is 32.2. The molecule has 0 atom stereocenters. The Morgan fingerprint density at radius 3 is 1.93 bits per heavy atom. The van der Waals surface area contributed by atoms with Gasteiger partial charge in [0.25, 0.3) is 0 Å². The van der Waals surface area contributed by atoms with Crippen molar-refractivity contribution in [3.8, 4) is 0 Å². The highest BCUT2D eigenvalue weighted by molar-refractivity contribution is 7.90. The molecule has 1 aliphatic rings. The first-order valence-electron chi connectivity index (χ1n) is 5.50. The van der Waals surface area contributed by atoms with Crippen LogP contribution in [0.25, 0.3) is 0 Å². The minimum absolute atomic E-state index is 0.285. The quantitative estimate of drug-likeness (QED) is 0.731. The fraction of sp³-hybridized carbons (Fsp3) is 1.00. The first-order chi connectivity index (χ1) is 6.59. The van der Waals surface area contributed by atoms with E-state index in [1.807, 2.05) is 0 Å². The number of hydrogen-bond acceptors (Lipinski definition) is 3. The first-order valence-corrected chi connectivity index (χ1v) is 7.56. The van der Waals surface area contributed by atoms with Gasteiger partial charge in [0.2, 0.25) is 0 Å². The van der Waals surface area contributed by atoms with Gasteiger partial charge in [0.1, 0.15) is 9.84 Å². The maximum atomic E-state index is 10.9. The zero-order chi connectivity index (χ0) is 11.9. The molecule has 0 spiro atoms. The van der Waals surface area contributed by atoms with Crippen molar-refractivity contribution in [2.24, 2.45) is 10.8 Å². The van der Waals surface area contributed by atoms with Gasteiger partial charge in [0.15, 0.2) is 0 Å². The van der Waals surface area contributed by atoms with Crippen LogP contribution in [0.3, 0.4) is 0 Å². The van der Waals surface area contributed by atoms with E-state index in [2.05, 4.69) is 33.0 Å². The molecule has 0 bridgehead atoms. The van der Waals surface area contributed by atoms with Crippen LogP contribution in [0.1, 0.15) is 34.1 Å². The Bertz CT molecular complexity index is 316. The zero-order valence-corrected chi connectivity index (χ0v) is 11.2. The standard InChI is InChI=1S/C11H23NO2S/c1-10(2)9(11(10,3)4)12-7-6-8-15(5,13)14/h9,12H,6-8H2,1-5H3. The molecule has 15 heavy (non-hydrogen) atoms. The van der Waals surface area contributed by atoms with E-state index in [-0.39, 0.29) is 5.75 Å². The van der Waals surface area contributed by atoms with Crippen molar-refractivity contribution in [1.82, 2.24) is 5.32 Å². The minimum Gasteiger partial charge on any atom is -0.313 e. The molecular formula is C11H23NO2S. The van der Waals surface area contributed by atoms with Crippen LogP contribution in [0, 0.1) is 10.8 Å². The Balaban J connectivity index is 2.25. The largest absolute Gasteiger partial charge is 0.313 e. The molecule has 1 N–H and O–H groups in total. The van der Waals surface area contributed by atoms with Gasteiger partial charge >= 0.3 is 0 Å². The van der Waals surface area contributed by atoms with E-state index < -0.39 is 9.84 Å². The molecule has 0 aliphatic heterocycles. The van der Waals surface area contributed by atoms with Crippen LogP contribution in [0.4, 0.5) is 0 Å². The molecule has 0 saturated heterocycles. The number of sulfone groups is 1. The third-order valence-corrected chi connectivity index (χ3v) is 5.09. The summed E-state index contributed by atoms with van der Waals surface area (Å²) in [5.41, 5.74) is 0.663. The smallest absolute Gasteiger partial charge is 0.147 e. The van der Waals surface area contributed by atoms with E-state index in [0.717, 1.165) is 6.54 Å². The Morgan fingerprint density at radius 1 is 1.13 bits per heavy atom. The van der Waals surface area contributed by atoms with Gasteiger partial charge in [-0.2, -0.15) is 0 Å². The molecule has 4 heteroatoms. The summed E-state index contributed by atoms with van der Waals surface area (Å²) in [6.07, 6.45) is 2.00. The number of nitrogens with one attached hydrogen (secondary N) is 1. The fourth-order valence-corrected chi connectivity index (χ4v) is 2.96. The molecule has 90 valence electrons. The highest BCUT2D eigenvalue weighted by Crippen LogP contribution is 2.62. The van der Waals surface area contributed by atoms with Gasteiger partial charge < -0.3 is 5.32 Å². The van der Waals surface area contributed by atoms with Crippen LogP contribution >= 0.6 is 0 Å². The Hall–Kier alpha value is -0.0900. The fourth-order valence-electron chi connectivity index (χ4n) is 2.29. The van der Waals surface area contributed by atoms with Crippen molar-refractivity contribution in [2.75, 3.05) is 18.6 Å². The molecule has 0 aromatic rings. The second kappa shape index (κ2) is 3.74. The molecule has 1 fully saturated rings. The summed E-state index contributed by atoms with van der Waals surface area (Å²) >= 11 is 0. The lowest BCUT2D eigenvalue weighted by atomic mass is 10.0. The van der Waals surface area contributed by atoms with Crippen LogP contribution in [-0.2, 0) is 9.84 Å². The molecule has 3 nitrogen and oxygen atoms in total. The summed E-state index contributed by atoms with van der Waals surface area (Å²) < 4.78 is 21.8. The third-order valence-electron chi connectivity index (χ3n) is 4.06. The first kappa shape index (κ1) is 13.0. The van der Waals surface area contributed by atoms with Crippen molar-refractivity contribution in [1.29, 1.82) is 0 Å². The summed E-state index contributed by atoms with van der Waals surface area (Å²) in [4.78, 5) is 0. The van der Waals surface area contributed by atoms with Crippen molar-refractivity contribution >= 4 is 9.84 Å². The predicted molar refractivity (Wildman–Crippen MR) is 63.7 cm³/mol. The second-order valence-electron chi connectivity index (χ2n) is 5.81. The second-order valence-corrected chi connectivity index (χ2v) is 8.07. The van der Waals surface area contributed by atoms with Crippen molar-refractivity contribution < 1.29 is 8.42 Å². The number of rotatable bonds is 5. The van der Waals surface area contributed by atoms with Crippen LogP contribution in [0.15, 0.2) is 0 Å². The highest BCUT2D eigenvalue weighted by Gasteiger charge is 2.64. The topological polar surface area (TPSA) is 46.2 Å². The van der Waals surface area contributed by atoms with Crippen LogP contribution < -0.4 is 5.32 Å². The predicted octanol–water partition coefficient (Wildman–Crippen LogP) is 1.45. The molecule has 0 unspecified atom stereocenters. The number of hydrogen-bond donors (Lipinski definition) is 1. The monoisotopic (exact) mass is 233 g/mol. The van der Waals surface area contributed by atoms with Crippen LogP contribution in [0.5, 0.6) is 0 Å². The molecule has 1 saturated carbocycles. The van der Waals surface area contributed by atoms with Gasteiger partial charge in [0, 0.05) is 12.3 Å². The normalized spacial score (nSPS) is 24.1. The van der Waals surface area contributed by atoms with E-state index in [1.165, 1.54) is 6.26 Å². The van der Waals surface area contributed by atoms with Crippen molar-refractivity contribution in [3.05, 3.63) is 0 Å². The van der Waals surface area contributed by atoms with E-state index >= 15 is 0 Å². The van der Waals surface area contributed by atoms with Gasteiger partial charge in [-0.25, -0.2) is 8.42 Å². The molecule has 0 amide bonds. The molecule has 0 aromatic heterocycles. The van der Waals surface area contributed by atoms with E-state index in [1.54, 1.807) is 0 Å². The average molecular weight is 233 g/mol. The average Bonchev–Trinajstić information content (AvgIpc) is 2.36. The lowest BCUT2D eigenvalue weighted by molar-refractivity contribution is 0.457. The van der Waals surface area contributed by atoms with Crippen LogP contribution in [0.2, 0.25) is 0 Å². The Labute approximate surface area is 93.6 Å². The Morgan fingerprint density at radius 2 is 1.60 bits per heavy atom. The summed E-state index contributed by atoms with van der Waals surface area (Å²) in [5, 5.41) is 3.45. The van der Waals surface area contributed by atoms with Gasteiger partial charge in [-0.05, 0) is 23.8 Å². The molecule has 0 radical (unpaired) electrons. The summed E-state index contributed by atoms with van der Waals surface area (Å²) in [6, 6.07) is 0.518. The van der Waals surface area contributed by atoms with Gasteiger partial charge in [-0.15, -0.1) is 0 Å². The van der Waals surface area contributed by atoms with Crippen molar-refractivity contribution in [3.63, 3.8) is 0 Å². The third kappa shape index (κ3) is 2.72. The molecule has 0 aromatic carbocycles. The van der Waals surface area contributed by atoms with Crippen LogP contribution in [-0.4, -0.2) is 33.0 Å². The Kier molecular flexibility index (Phi) is 3.23. The van der Waals surface area contributed by atoms with E-state index in [4.69, 9.17) is 0 Å².